The first-order valence-corrected chi connectivity index (χ1v) is 11.9. The molecule has 34 heavy (non-hydrogen) atoms. The van der Waals surface area contributed by atoms with Crippen LogP contribution in [0.15, 0.2) is 23.8 Å². The monoisotopic (exact) mass is 476 g/mol. The molecule has 8 heteroatoms. The third kappa shape index (κ3) is 5.05. The van der Waals surface area contributed by atoms with Crippen LogP contribution in [0, 0.1) is 22.7 Å². The van der Waals surface area contributed by atoms with Gasteiger partial charge in [0.15, 0.2) is 0 Å². The summed E-state index contributed by atoms with van der Waals surface area (Å²) < 4.78 is 21.9. The number of carbonyl (C=O) groups excluding carboxylic acids is 4. The molecule has 1 heterocycles. The number of fused-ring (bicyclic) bond motifs is 1. The fourth-order valence-corrected chi connectivity index (χ4v) is 6.54. The molecule has 0 spiro atoms. The van der Waals surface area contributed by atoms with Gasteiger partial charge >= 0.3 is 23.9 Å². The molecule has 2 saturated carbocycles. The zero-order valence-corrected chi connectivity index (χ0v) is 20.8. The highest BCUT2D eigenvalue weighted by atomic mass is 16.6. The van der Waals surface area contributed by atoms with E-state index in [-0.39, 0.29) is 48.5 Å². The van der Waals surface area contributed by atoms with Crippen molar-refractivity contribution in [2.75, 3.05) is 13.2 Å². The van der Waals surface area contributed by atoms with Crippen molar-refractivity contribution in [2.24, 2.45) is 22.7 Å². The van der Waals surface area contributed by atoms with Crippen molar-refractivity contribution < 1.29 is 38.1 Å². The zero-order chi connectivity index (χ0) is 25.3. The van der Waals surface area contributed by atoms with Gasteiger partial charge < -0.3 is 18.9 Å². The fourth-order valence-electron chi connectivity index (χ4n) is 6.54. The van der Waals surface area contributed by atoms with Gasteiger partial charge in [-0.3, -0.25) is 14.4 Å². The van der Waals surface area contributed by atoms with Crippen LogP contribution in [0.3, 0.4) is 0 Å². The first-order valence-electron chi connectivity index (χ1n) is 11.9. The molecule has 0 amide bonds. The van der Waals surface area contributed by atoms with Crippen LogP contribution >= 0.6 is 0 Å². The maximum Gasteiger partial charge on any atom is 0.337 e. The highest BCUT2D eigenvalue weighted by molar-refractivity contribution is 5.92. The van der Waals surface area contributed by atoms with Gasteiger partial charge in [-0.05, 0) is 55.4 Å². The summed E-state index contributed by atoms with van der Waals surface area (Å²) in [5.74, 6) is -1.68. The molecule has 0 radical (unpaired) electrons. The van der Waals surface area contributed by atoms with E-state index in [4.69, 9.17) is 18.9 Å². The molecule has 188 valence electrons. The quantitative estimate of drug-likeness (QED) is 0.311. The second-order valence-electron chi connectivity index (χ2n) is 10.3. The summed E-state index contributed by atoms with van der Waals surface area (Å²) in [4.78, 5) is 47.7. The standard InChI is InChI=1S/C26H36O8/c1-15-7-8-22-25(5,11-9-23(34-18(4)29)26(22,6)14-32-16(2)27)20(15)13-21(33-17(3)28)19-10-12-31-24(19)30/h10,20-23H,1,7-9,11-14H2,2-6H3/t20-,21+,22-,23+,25+,26-/m0/s1. The van der Waals surface area contributed by atoms with Gasteiger partial charge in [-0.2, -0.15) is 0 Å². The molecule has 0 unspecified atom stereocenters. The summed E-state index contributed by atoms with van der Waals surface area (Å²) >= 11 is 0. The number of carbonyl (C=O) groups is 4. The van der Waals surface area contributed by atoms with E-state index in [1.165, 1.54) is 20.8 Å². The summed E-state index contributed by atoms with van der Waals surface area (Å²) in [6, 6.07) is 0. The molecule has 0 saturated heterocycles. The fraction of sp³-hybridized carbons (Fsp3) is 0.692. The second kappa shape index (κ2) is 9.92. The van der Waals surface area contributed by atoms with Gasteiger partial charge in [-0.1, -0.05) is 26.0 Å². The Morgan fingerprint density at radius 3 is 2.41 bits per heavy atom. The van der Waals surface area contributed by atoms with E-state index in [0.717, 1.165) is 24.8 Å². The Kier molecular flexibility index (Phi) is 7.58. The van der Waals surface area contributed by atoms with Crippen molar-refractivity contribution in [1.29, 1.82) is 0 Å². The van der Waals surface area contributed by atoms with Crippen LogP contribution in [0.4, 0.5) is 0 Å². The summed E-state index contributed by atoms with van der Waals surface area (Å²) in [6.45, 7) is 13.0. The van der Waals surface area contributed by atoms with Crippen molar-refractivity contribution in [1.82, 2.24) is 0 Å². The van der Waals surface area contributed by atoms with Crippen LogP contribution < -0.4 is 0 Å². The van der Waals surface area contributed by atoms with Crippen molar-refractivity contribution in [3.8, 4) is 0 Å². The predicted octanol–water partition coefficient (Wildman–Crippen LogP) is 3.68. The van der Waals surface area contributed by atoms with Crippen LogP contribution in [0.25, 0.3) is 0 Å². The minimum absolute atomic E-state index is 0.0513. The third-order valence-electron chi connectivity index (χ3n) is 8.07. The maximum absolute atomic E-state index is 12.3. The lowest BCUT2D eigenvalue weighted by Gasteiger charge is -2.60. The Labute approximate surface area is 201 Å². The molecular weight excluding hydrogens is 440 g/mol. The summed E-state index contributed by atoms with van der Waals surface area (Å²) in [7, 11) is 0. The van der Waals surface area contributed by atoms with Gasteiger partial charge in [0.25, 0.3) is 0 Å². The lowest BCUT2D eigenvalue weighted by atomic mass is 9.46. The van der Waals surface area contributed by atoms with Gasteiger partial charge in [0.2, 0.25) is 0 Å². The van der Waals surface area contributed by atoms with Crippen molar-refractivity contribution in [3.63, 3.8) is 0 Å². The minimum atomic E-state index is -0.726. The molecule has 0 N–H and O–H groups in total. The van der Waals surface area contributed by atoms with E-state index in [1.807, 2.05) is 6.92 Å². The lowest BCUT2D eigenvalue weighted by molar-refractivity contribution is -0.192. The Bertz CT molecular complexity index is 904. The molecular formula is C26H36O8. The zero-order valence-electron chi connectivity index (χ0n) is 20.8. The van der Waals surface area contributed by atoms with Crippen molar-refractivity contribution >= 4 is 23.9 Å². The van der Waals surface area contributed by atoms with Crippen molar-refractivity contribution in [2.45, 2.75) is 78.9 Å². The Morgan fingerprint density at radius 2 is 1.85 bits per heavy atom. The molecule has 6 atom stereocenters. The van der Waals surface area contributed by atoms with E-state index in [1.54, 1.807) is 6.08 Å². The van der Waals surface area contributed by atoms with E-state index < -0.39 is 23.5 Å². The average molecular weight is 477 g/mol. The molecule has 2 fully saturated rings. The number of rotatable bonds is 7. The average Bonchev–Trinajstić information content (AvgIpc) is 3.16. The van der Waals surface area contributed by atoms with Crippen LogP contribution in [-0.2, 0) is 38.1 Å². The number of cyclic esters (lactones) is 1. The van der Waals surface area contributed by atoms with Gasteiger partial charge in [0.1, 0.15) is 25.4 Å². The van der Waals surface area contributed by atoms with Crippen LogP contribution in [0.1, 0.15) is 66.7 Å². The second-order valence-corrected chi connectivity index (χ2v) is 10.3. The number of allylic oxidation sites excluding steroid dienone is 1. The third-order valence-corrected chi connectivity index (χ3v) is 8.07. The van der Waals surface area contributed by atoms with Crippen LogP contribution in [-0.4, -0.2) is 49.3 Å². The van der Waals surface area contributed by atoms with Gasteiger partial charge in [-0.25, -0.2) is 4.79 Å². The molecule has 8 nitrogen and oxygen atoms in total. The minimum Gasteiger partial charge on any atom is -0.465 e. The van der Waals surface area contributed by atoms with E-state index in [2.05, 4.69) is 13.5 Å². The van der Waals surface area contributed by atoms with E-state index >= 15 is 0 Å². The molecule has 0 bridgehead atoms. The van der Waals surface area contributed by atoms with E-state index in [9.17, 15) is 19.2 Å². The number of esters is 4. The predicted molar refractivity (Wildman–Crippen MR) is 122 cm³/mol. The summed E-state index contributed by atoms with van der Waals surface area (Å²) in [6.07, 6.45) is 3.89. The topological polar surface area (TPSA) is 105 Å². The first kappa shape index (κ1) is 26.0. The molecule has 3 aliphatic rings. The van der Waals surface area contributed by atoms with Gasteiger partial charge in [-0.15, -0.1) is 0 Å². The number of hydrogen-bond donors (Lipinski definition) is 0. The molecule has 1 aliphatic heterocycles. The smallest absolute Gasteiger partial charge is 0.337 e. The van der Waals surface area contributed by atoms with Crippen LogP contribution in [0.2, 0.25) is 0 Å². The molecule has 3 rings (SSSR count). The number of hydrogen-bond acceptors (Lipinski definition) is 8. The van der Waals surface area contributed by atoms with Gasteiger partial charge in [0, 0.05) is 26.2 Å². The van der Waals surface area contributed by atoms with Crippen molar-refractivity contribution in [3.05, 3.63) is 23.8 Å². The highest BCUT2D eigenvalue weighted by Crippen LogP contribution is 2.62. The summed E-state index contributed by atoms with van der Waals surface area (Å²) in [5.41, 5.74) is 0.530. The first-order chi connectivity index (χ1) is 15.9. The Morgan fingerprint density at radius 1 is 1.15 bits per heavy atom. The van der Waals surface area contributed by atoms with Crippen LogP contribution in [0.5, 0.6) is 0 Å². The lowest BCUT2D eigenvalue weighted by Crippen LogP contribution is -2.59. The largest absolute Gasteiger partial charge is 0.465 e. The Balaban J connectivity index is 1.96. The summed E-state index contributed by atoms with van der Waals surface area (Å²) in [5, 5.41) is 0. The maximum atomic E-state index is 12.3. The molecule has 0 aromatic carbocycles. The Hall–Kier alpha value is -2.64. The molecule has 0 aromatic heterocycles. The normalized spacial score (nSPS) is 33.8. The molecule has 0 aromatic rings. The SMILES string of the molecule is C=C1CC[C@@H]2[C@](C)(COC(C)=O)[C@H](OC(C)=O)CC[C@]2(C)[C@H]1C[C@@H](OC(C)=O)C1=CCOC1=O. The highest BCUT2D eigenvalue weighted by Gasteiger charge is 2.60. The van der Waals surface area contributed by atoms with Gasteiger partial charge in [0.05, 0.1) is 5.57 Å². The number of ether oxygens (including phenoxy) is 4. The van der Waals surface area contributed by atoms with E-state index in [0.29, 0.717) is 18.4 Å². The molecule has 2 aliphatic carbocycles.